The zero-order valence-corrected chi connectivity index (χ0v) is 47.5. The number of rotatable bonds is 60. The van der Waals surface area contributed by atoms with Gasteiger partial charge in [0, 0.05) is 12.8 Å². The number of amides is 1. The van der Waals surface area contributed by atoms with E-state index in [0.717, 1.165) is 38.5 Å². The molecule has 0 aromatic carbocycles. The number of aliphatic hydroxyl groups is 2. The van der Waals surface area contributed by atoms with Gasteiger partial charge in [-0.3, -0.25) is 9.59 Å². The lowest BCUT2D eigenvalue weighted by molar-refractivity contribution is -0.143. The smallest absolute Gasteiger partial charge is 0.305 e. The van der Waals surface area contributed by atoms with Crippen molar-refractivity contribution >= 4 is 11.9 Å². The van der Waals surface area contributed by atoms with Gasteiger partial charge in [-0.05, 0) is 32.1 Å². The second-order valence-electron chi connectivity index (χ2n) is 22.1. The number of allylic oxidation sites excluding steroid dienone is 1. The van der Waals surface area contributed by atoms with Crippen LogP contribution in [0.4, 0.5) is 0 Å². The number of unbranched alkanes of at least 4 members (excludes halogenated alkanes) is 49. The van der Waals surface area contributed by atoms with E-state index in [0.29, 0.717) is 19.4 Å². The first kappa shape index (κ1) is 68.6. The molecule has 0 aliphatic rings. The second-order valence-corrected chi connectivity index (χ2v) is 22.1. The molecule has 0 spiro atoms. The molecule has 0 aliphatic heterocycles. The Morgan fingerprint density at radius 3 is 0.971 bits per heavy atom. The Hall–Kier alpha value is -1.40. The first-order chi connectivity index (χ1) is 34.5. The molecule has 1 amide bonds. The molecule has 2 atom stereocenters. The maximum absolute atomic E-state index is 12.4. The van der Waals surface area contributed by atoms with Gasteiger partial charge in [-0.25, -0.2) is 0 Å². The zero-order chi connectivity index (χ0) is 50.7. The highest BCUT2D eigenvalue weighted by atomic mass is 16.5. The fraction of sp³-hybridized carbons (Fsp3) is 0.938. The molecule has 0 radical (unpaired) electrons. The third kappa shape index (κ3) is 55.9. The van der Waals surface area contributed by atoms with E-state index in [1.165, 1.54) is 295 Å². The van der Waals surface area contributed by atoms with E-state index in [2.05, 4.69) is 19.2 Å². The van der Waals surface area contributed by atoms with Gasteiger partial charge in [0.05, 0.1) is 25.4 Å². The molecule has 6 nitrogen and oxygen atoms in total. The molecule has 70 heavy (non-hydrogen) atoms. The minimum absolute atomic E-state index is 0.0209. The minimum Gasteiger partial charge on any atom is -0.466 e. The van der Waals surface area contributed by atoms with E-state index < -0.39 is 12.1 Å². The van der Waals surface area contributed by atoms with E-state index in [4.69, 9.17) is 4.74 Å². The Balaban J connectivity index is 3.33. The molecule has 0 fully saturated rings. The molecule has 0 aromatic rings. The average Bonchev–Trinajstić information content (AvgIpc) is 3.36. The molecule has 0 heterocycles. The second kappa shape index (κ2) is 60.2. The number of hydrogen-bond donors (Lipinski definition) is 3. The fourth-order valence-electron chi connectivity index (χ4n) is 10.2. The average molecular weight is 989 g/mol. The summed E-state index contributed by atoms with van der Waals surface area (Å²) in [7, 11) is 0. The number of carbonyl (C=O) groups excluding carboxylic acids is 2. The maximum Gasteiger partial charge on any atom is 0.305 e. The van der Waals surface area contributed by atoms with Gasteiger partial charge in [-0.15, -0.1) is 0 Å². The van der Waals surface area contributed by atoms with Crippen molar-refractivity contribution in [2.75, 3.05) is 13.2 Å². The summed E-state index contributed by atoms with van der Waals surface area (Å²) in [5.74, 6) is -0.0445. The van der Waals surface area contributed by atoms with Crippen molar-refractivity contribution in [1.29, 1.82) is 0 Å². The van der Waals surface area contributed by atoms with Gasteiger partial charge in [-0.1, -0.05) is 328 Å². The van der Waals surface area contributed by atoms with E-state index >= 15 is 0 Å². The minimum atomic E-state index is -0.840. The van der Waals surface area contributed by atoms with E-state index in [-0.39, 0.29) is 18.5 Å². The molecule has 0 bridgehead atoms. The Kier molecular flexibility index (Phi) is 59.0. The molecular weight excluding hydrogens is 863 g/mol. The highest BCUT2D eigenvalue weighted by Crippen LogP contribution is 2.18. The number of esters is 1. The summed E-state index contributed by atoms with van der Waals surface area (Å²) in [6, 6.07) is -0.624. The van der Waals surface area contributed by atoms with Crippen LogP contribution in [-0.2, 0) is 14.3 Å². The topological polar surface area (TPSA) is 95.9 Å². The molecule has 2 unspecified atom stereocenters. The van der Waals surface area contributed by atoms with Crippen LogP contribution in [0.25, 0.3) is 0 Å². The van der Waals surface area contributed by atoms with Crippen LogP contribution >= 0.6 is 0 Å². The van der Waals surface area contributed by atoms with Crippen molar-refractivity contribution in [2.24, 2.45) is 0 Å². The van der Waals surface area contributed by atoms with Crippen LogP contribution in [-0.4, -0.2) is 47.4 Å². The summed E-state index contributed by atoms with van der Waals surface area (Å²) < 4.78 is 5.50. The van der Waals surface area contributed by atoms with Crippen molar-refractivity contribution in [1.82, 2.24) is 5.32 Å². The summed E-state index contributed by atoms with van der Waals surface area (Å²) in [6.45, 7) is 4.92. The summed E-state index contributed by atoms with van der Waals surface area (Å²) in [5.41, 5.74) is 0. The molecule has 3 N–H and O–H groups in total. The van der Waals surface area contributed by atoms with Crippen LogP contribution in [0, 0.1) is 0 Å². The van der Waals surface area contributed by atoms with Crippen LogP contribution in [0.2, 0.25) is 0 Å². The number of aliphatic hydroxyl groups excluding tert-OH is 2. The normalized spacial score (nSPS) is 12.6. The van der Waals surface area contributed by atoms with Crippen molar-refractivity contribution in [3.63, 3.8) is 0 Å². The first-order valence-corrected chi connectivity index (χ1v) is 32.0. The first-order valence-electron chi connectivity index (χ1n) is 32.0. The standard InChI is InChI=1S/C64H125NO5/c1-3-5-7-9-11-13-15-16-17-31-34-38-42-46-50-54-58-64(69)70-59-55-51-47-43-39-35-32-29-27-25-23-21-19-18-20-22-24-26-28-30-33-37-41-45-49-53-57-63(68)65-61(60-66)62(67)56-52-48-44-40-36-14-12-10-8-6-4-2/h52,56,61-62,66-67H,3-51,53-55,57-60H2,1-2H3,(H,65,68)/b56-52+. The molecule has 0 aliphatic carbocycles. The number of nitrogens with one attached hydrogen (secondary N) is 1. The number of ether oxygens (including phenoxy) is 1. The highest BCUT2D eigenvalue weighted by Gasteiger charge is 2.18. The van der Waals surface area contributed by atoms with Gasteiger partial charge in [-0.2, -0.15) is 0 Å². The third-order valence-corrected chi connectivity index (χ3v) is 15.1. The maximum atomic E-state index is 12.4. The predicted octanol–water partition coefficient (Wildman–Crippen LogP) is 20.0. The van der Waals surface area contributed by atoms with E-state index in [1.807, 2.05) is 6.08 Å². The van der Waals surface area contributed by atoms with Crippen LogP contribution in [0.3, 0.4) is 0 Å². The molecule has 0 saturated carbocycles. The van der Waals surface area contributed by atoms with E-state index in [9.17, 15) is 19.8 Å². The lowest BCUT2D eigenvalue weighted by Crippen LogP contribution is -2.45. The summed E-state index contributed by atoms with van der Waals surface area (Å²) in [5, 5.41) is 23.0. The van der Waals surface area contributed by atoms with Gasteiger partial charge >= 0.3 is 5.97 Å². The molecule has 416 valence electrons. The van der Waals surface area contributed by atoms with Crippen LogP contribution in [0.5, 0.6) is 0 Å². The Bertz CT molecular complexity index is 1050. The molecular formula is C64H125NO5. The van der Waals surface area contributed by atoms with E-state index in [1.54, 1.807) is 6.08 Å². The van der Waals surface area contributed by atoms with Gasteiger partial charge in [0.15, 0.2) is 0 Å². The predicted molar refractivity (Wildman–Crippen MR) is 306 cm³/mol. The van der Waals surface area contributed by atoms with Crippen molar-refractivity contribution in [2.45, 2.75) is 373 Å². The molecule has 0 aromatic heterocycles. The zero-order valence-electron chi connectivity index (χ0n) is 47.5. The molecule has 0 rings (SSSR count). The van der Waals surface area contributed by atoms with Gasteiger partial charge in [0.25, 0.3) is 0 Å². The van der Waals surface area contributed by atoms with Crippen molar-refractivity contribution in [3.05, 3.63) is 12.2 Å². The number of carbonyl (C=O) groups is 2. The summed E-state index contributed by atoms with van der Waals surface area (Å²) in [6.07, 6.45) is 72.7. The summed E-state index contributed by atoms with van der Waals surface area (Å²) in [4.78, 5) is 24.5. The highest BCUT2D eigenvalue weighted by molar-refractivity contribution is 5.76. The Labute approximate surface area is 438 Å². The quantitative estimate of drug-likeness (QED) is 0.0321. The summed E-state index contributed by atoms with van der Waals surface area (Å²) >= 11 is 0. The molecule has 6 heteroatoms. The van der Waals surface area contributed by atoms with Crippen LogP contribution in [0.15, 0.2) is 12.2 Å². The monoisotopic (exact) mass is 988 g/mol. The van der Waals surface area contributed by atoms with Crippen molar-refractivity contribution < 1.29 is 24.5 Å². The third-order valence-electron chi connectivity index (χ3n) is 15.1. The number of hydrogen-bond acceptors (Lipinski definition) is 5. The van der Waals surface area contributed by atoms with Gasteiger partial charge in [0.2, 0.25) is 5.91 Å². The lowest BCUT2D eigenvalue weighted by atomic mass is 10.0. The van der Waals surface area contributed by atoms with Crippen LogP contribution in [0.1, 0.15) is 361 Å². The Morgan fingerprint density at radius 2 is 0.657 bits per heavy atom. The van der Waals surface area contributed by atoms with Crippen LogP contribution < -0.4 is 5.32 Å². The molecule has 0 saturated heterocycles. The largest absolute Gasteiger partial charge is 0.466 e. The van der Waals surface area contributed by atoms with Crippen molar-refractivity contribution in [3.8, 4) is 0 Å². The lowest BCUT2D eigenvalue weighted by Gasteiger charge is -2.20. The van der Waals surface area contributed by atoms with Gasteiger partial charge in [0.1, 0.15) is 0 Å². The van der Waals surface area contributed by atoms with Gasteiger partial charge < -0.3 is 20.3 Å². The fourth-order valence-corrected chi connectivity index (χ4v) is 10.2. The Morgan fingerprint density at radius 1 is 0.386 bits per heavy atom. The SMILES string of the molecule is CCCCCCCCCCC/C=C/C(O)C(CO)NC(=O)CCCCCCCCCCCCCCCCCCCCCCCCCCCCOC(=O)CCCCCCCCCCCCCCCCCC.